The SMILES string of the molecule is CCN(C(=O)N1CCOC(CC(=O)O)C1)C1CC1. The number of nitrogens with zero attached hydrogens (tertiary/aromatic N) is 2. The minimum atomic E-state index is -0.885. The molecule has 2 fully saturated rings. The van der Waals surface area contributed by atoms with Crippen molar-refractivity contribution in [1.82, 2.24) is 9.80 Å². The minimum absolute atomic E-state index is 0.0266. The van der Waals surface area contributed by atoms with Crippen LogP contribution in [0.25, 0.3) is 0 Å². The number of carbonyl (C=O) groups is 2. The molecule has 102 valence electrons. The maximum atomic E-state index is 12.3. The Labute approximate surface area is 106 Å². The van der Waals surface area contributed by atoms with Crippen LogP contribution < -0.4 is 0 Å². The molecule has 0 radical (unpaired) electrons. The second-order valence-electron chi connectivity index (χ2n) is 4.84. The molecule has 0 aromatic heterocycles. The summed E-state index contributed by atoms with van der Waals surface area (Å²) in [5.74, 6) is -0.885. The zero-order valence-electron chi connectivity index (χ0n) is 10.7. The predicted octanol–water partition coefficient (Wildman–Crippen LogP) is 0.766. The van der Waals surface area contributed by atoms with Gasteiger partial charge in [0.25, 0.3) is 0 Å². The molecule has 6 nitrogen and oxygen atoms in total. The average molecular weight is 256 g/mol. The van der Waals surface area contributed by atoms with Crippen LogP contribution in [0, 0.1) is 0 Å². The molecular formula is C12H20N2O4. The number of ether oxygens (including phenoxy) is 1. The number of hydrogen-bond acceptors (Lipinski definition) is 3. The highest BCUT2D eigenvalue weighted by Gasteiger charge is 2.35. The van der Waals surface area contributed by atoms with Gasteiger partial charge in [-0.25, -0.2) is 4.79 Å². The molecule has 18 heavy (non-hydrogen) atoms. The van der Waals surface area contributed by atoms with Gasteiger partial charge in [0.2, 0.25) is 0 Å². The summed E-state index contributed by atoms with van der Waals surface area (Å²) in [5, 5.41) is 8.75. The monoisotopic (exact) mass is 256 g/mol. The van der Waals surface area contributed by atoms with Crippen LogP contribution in [0.15, 0.2) is 0 Å². The second-order valence-corrected chi connectivity index (χ2v) is 4.84. The van der Waals surface area contributed by atoms with E-state index in [4.69, 9.17) is 9.84 Å². The fourth-order valence-corrected chi connectivity index (χ4v) is 2.33. The van der Waals surface area contributed by atoms with Gasteiger partial charge in [0.1, 0.15) is 0 Å². The number of rotatable bonds is 4. The standard InChI is InChI=1S/C12H20N2O4/c1-2-14(9-3-4-9)12(17)13-5-6-18-10(8-13)7-11(15)16/h9-10H,2-8H2,1H3,(H,15,16). The number of amides is 2. The first-order valence-corrected chi connectivity index (χ1v) is 6.50. The van der Waals surface area contributed by atoms with E-state index in [-0.39, 0.29) is 18.6 Å². The van der Waals surface area contributed by atoms with Crippen molar-refractivity contribution in [2.75, 3.05) is 26.2 Å². The van der Waals surface area contributed by atoms with Gasteiger partial charge < -0.3 is 19.6 Å². The van der Waals surface area contributed by atoms with E-state index in [9.17, 15) is 9.59 Å². The Kier molecular flexibility index (Phi) is 4.06. The van der Waals surface area contributed by atoms with Crippen LogP contribution in [0.5, 0.6) is 0 Å². The largest absolute Gasteiger partial charge is 0.481 e. The van der Waals surface area contributed by atoms with Gasteiger partial charge in [-0.05, 0) is 19.8 Å². The van der Waals surface area contributed by atoms with Crippen molar-refractivity contribution in [2.45, 2.75) is 38.3 Å². The van der Waals surface area contributed by atoms with E-state index >= 15 is 0 Å². The van der Waals surface area contributed by atoms with Crippen molar-refractivity contribution < 1.29 is 19.4 Å². The Bertz CT molecular complexity index is 330. The molecule has 1 atom stereocenters. The Morgan fingerprint density at radius 2 is 2.17 bits per heavy atom. The molecule has 1 saturated carbocycles. The maximum Gasteiger partial charge on any atom is 0.320 e. The Morgan fingerprint density at radius 3 is 2.72 bits per heavy atom. The van der Waals surface area contributed by atoms with Gasteiger partial charge in [-0.15, -0.1) is 0 Å². The highest BCUT2D eigenvalue weighted by molar-refractivity contribution is 5.75. The molecule has 2 rings (SSSR count). The van der Waals surface area contributed by atoms with E-state index < -0.39 is 5.97 Å². The maximum absolute atomic E-state index is 12.3. The van der Waals surface area contributed by atoms with Gasteiger partial charge in [-0.3, -0.25) is 4.79 Å². The number of carboxylic acid groups (broad SMARTS) is 1. The fraction of sp³-hybridized carbons (Fsp3) is 0.833. The van der Waals surface area contributed by atoms with Gasteiger partial charge in [0, 0.05) is 25.7 Å². The Balaban J connectivity index is 1.90. The topological polar surface area (TPSA) is 70.1 Å². The normalized spacial score (nSPS) is 23.8. The molecule has 0 spiro atoms. The Morgan fingerprint density at radius 1 is 1.44 bits per heavy atom. The lowest BCUT2D eigenvalue weighted by Gasteiger charge is -2.35. The molecule has 1 unspecified atom stereocenters. The fourth-order valence-electron chi connectivity index (χ4n) is 2.33. The summed E-state index contributed by atoms with van der Waals surface area (Å²) in [5.41, 5.74) is 0. The first-order chi connectivity index (χ1) is 8.61. The predicted molar refractivity (Wildman–Crippen MR) is 64.4 cm³/mol. The highest BCUT2D eigenvalue weighted by atomic mass is 16.5. The number of morpholine rings is 1. The van der Waals surface area contributed by atoms with Crippen LogP contribution in [-0.4, -0.2) is 65.3 Å². The summed E-state index contributed by atoms with van der Waals surface area (Å²) in [6.07, 6.45) is 1.75. The number of carboxylic acids is 1. The summed E-state index contributed by atoms with van der Waals surface area (Å²) in [4.78, 5) is 26.5. The van der Waals surface area contributed by atoms with Crippen LogP contribution >= 0.6 is 0 Å². The molecule has 0 bridgehead atoms. The minimum Gasteiger partial charge on any atom is -0.481 e. The first-order valence-electron chi connectivity index (χ1n) is 6.50. The lowest BCUT2D eigenvalue weighted by atomic mass is 10.2. The lowest BCUT2D eigenvalue weighted by Crippen LogP contribution is -2.51. The molecule has 1 aliphatic heterocycles. The van der Waals surface area contributed by atoms with Crippen molar-refractivity contribution in [1.29, 1.82) is 0 Å². The third kappa shape index (κ3) is 3.13. The van der Waals surface area contributed by atoms with Gasteiger partial charge in [0.15, 0.2) is 0 Å². The van der Waals surface area contributed by atoms with E-state index in [1.165, 1.54) is 0 Å². The van der Waals surface area contributed by atoms with E-state index in [0.29, 0.717) is 32.3 Å². The molecular weight excluding hydrogens is 236 g/mol. The molecule has 2 amide bonds. The molecule has 0 aromatic rings. The summed E-state index contributed by atoms with van der Waals surface area (Å²) < 4.78 is 5.37. The highest BCUT2D eigenvalue weighted by Crippen LogP contribution is 2.27. The smallest absolute Gasteiger partial charge is 0.320 e. The number of carbonyl (C=O) groups excluding carboxylic acids is 1. The van der Waals surface area contributed by atoms with E-state index in [1.807, 2.05) is 11.8 Å². The second kappa shape index (κ2) is 5.56. The average Bonchev–Trinajstić information content (AvgIpc) is 3.14. The summed E-state index contributed by atoms with van der Waals surface area (Å²) in [6, 6.07) is 0.418. The molecule has 0 aromatic carbocycles. The van der Waals surface area contributed by atoms with E-state index in [0.717, 1.165) is 12.8 Å². The molecule has 1 heterocycles. The van der Waals surface area contributed by atoms with E-state index in [2.05, 4.69) is 0 Å². The van der Waals surface area contributed by atoms with Gasteiger partial charge in [-0.2, -0.15) is 0 Å². The summed E-state index contributed by atoms with van der Waals surface area (Å²) >= 11 is 0. The summed E-state index contributed by atoms with van der Waals surface area (Å²) in [7, 11) is 0. The zero-order chi connectivity index (χ0) is 13.1. The molecule has 1 aliphatic carbocycles. The van der Waals surface area contributed by atoms with Crippen LogP contribution in [0.4, 0.5) is 4.79 Å². The molecule has 1 saturated heterocycles. The van der Waals surface area contributed by atoms with Crippen molar-refractivity contribution in [3.63, 3.8) is 0 Å². The first kappa shape index (κ1) is 13.1. The van der Waals surface area contributed by atoms with Crippen molar-refractivity contribution in [2.24, 2.45) is 0 Å². The number of hydrogen-bond donors (Lipinski definition) is 1. The molecule has 6 heteroatoms. The van der Waals surface area contributed by atoms with E-state index in [1.54, 1.807) is 4.90 Å². The Hall–Kier alpha value is -1.30. The van der Waals surface area contributed by atoms with Gasteiger partial charge >= 0.3 is 12.0 Å². The van der Waals surface area contributed by atoms with Crippen molar-refractivity contribution >= 4 is 12.0 Å². The summed E-state index contributed by atoms with van der Waals surface area (Å²) in [6.45, 7) is 4.05. The third-order valence-electron chi connectivity index (χ3n) is 3.39. The van der Waals surface area contributed by atoms with Crippen LogP contribution in [-0.2, 0) is 9.53 Å². The van der Waals surface area contributed by atoms with Gasteiger partial charge in [0.05, 0.1) is 19.1 Å². The molecule has 1 N–H and O–H groups in total. The number of aliphatic carboxylic acids is 1. The zero-order valence-corrected chi connectivity index (χ0v) is 10.7. The van der Waals surface area contributed by atoms with Crippen molar-refractivity contribution in [3.8, 4) is 0 Å². The van der Waals surface area contributed by atoms with Gasteiger partial charge in [-0.1, -0.05) is 0 Å². The quantitative estimate of drug-likeness (QED) is 0.806. The van der Waals surface area contributed by atoms with Crippen LogP contribution in [0.2, 0.25) is 0 Å². The number of urea groups is 1. The lowest BCUT2D eigenvalue weighted by molar-refractivity contribution is -0.141. The van der Waals surface area contributed by atoms with Crippen LogP contribution in [0.3, 0.4) is 0 Å². The molecule has 2 aliphatic rings. The van der Waals surface area contributed by atoms with Crippen LogP contribution in [0.1, 0.15) is 26.2 Å². The van der Waals surface area contributed by atoms with Crippen molar-refractivity contribution in [3.05, 3.63) is 0 Å². The third-order valence-corrected chi connectivity index (χ3v) is 3.39.